The van der Waals surface area contributed by atoms with Crippen LogP contribution in [-0.4, -0.2) is 14.0 Å². The average Bonchev–Trinajstić information content (AvgIpc) is 3.73. The van der Waals surface area contributed by atoms with Gasteiger partial charge in [0, 0.05) is 38.4 Å². The summed E-state index contributed by atoms with van der Waals surface area (Å²) in [5.74, 6) is 0.931. The fourth-order valence-electron chi connectivity index (χ4n) is 7.59. The number of imidazole rings is 1. The van der Waals surface area contributed by atoms with Crippen LogP contribution in [0, 0.1) is 0 Å². The Morgan fingerprint density at radius 3 is 1.62 bits per heavy atom. The highest BCUT2D eigenvalue weighted by Gasteiger charge is 2.23. The topological polar surface area (TPSA) is 22.2 Å². The van der Waals surface area contributed by atoms with Crippen molar-refractivity contribution in [3.8, 4) is 39.5 Å². The molecule has 3 nitrogen and oxygen atoms in total. The molecule has 224 valence electrons. The van der Waals surface area contributed by atoms with E-state index < -0.39 is 0 Å². The van der Waals surface area contributed by atoms with Crippen molar-refractivity contribution in [2.24, 2.45) is 0 Å². The molecule has 3 heteroatoms. The number of pyridine rings is 1. The molecule has 10 rings (SSSR count). The lowest BCUT2D eigenvalue weighted by atomic mass is 9.99. The number of benzene rings is 7. The van der Waals surface area contributed by atoms with Crippen LogP contribution in [0.4, 0.5) is 0 Å². The van der Waals surface area contributed by atoms with Crippen molar-refractivity contribution in [1.29, 1.82) is 0 Å². The summed E-state index contributed by atoms with van der Waals surface area (Å²) in [5.41, 5.74) is 11.4. The number of hydrogen-bond donors (Lipinski definition) is 0. The van der Waals surface area contributed by atoms with Gasteiger partial charge in [0.15, 0.2) is 0 Å². The molecule has 0 saturated carbocycles. The second-order valence-electron chi connectivity index (χ2n) is 12.4. The van der Waals surface area contributed by atoms with Gasteiger partial charge in [0.2, 0.25) is 0 Å². The highest BCUT2D eigenvalue weighted by atomic mass is 15.0. The molecule has 10 aromatic rings. The summed E-state index contributed by atoms with van der Waals surface area (Å²) in [5, 5.41) is 6.10. The van der Waals surface area contributed by atoms with Gasteiger partial charge in [-0.25, -0.2) is 4.98 Å². The van der Waals surface area contributed by atoms with Crippen LogP contribution >= 0.6 is 0 Å². The van der Waals surface area contributed by atoms with Crippen molar-refractivity contribution in [3.63, 3.8) is 0 Å². The second kappa shape index (κ2) is 10.5. The van der Waals surface area contributed by atoms with Crippen molar-refractivity contribution < 1.29 is 0 Å². The van der Waals surface area contributed by atoms with Crippen LogP contribution in [0.15, 0.2) is 176 Å². The Labute approximate surface area is 277 Å². The quantitative estimate of drug-likeness (QED) is 0.182. The lowest BCUT2D eigenvalue weighted by Gasteiger charge is -2.15. The predicted octanol–water partition coefficient (Wildman–Crippen LogP) is 11.7. The van der Waals surface area contributed by atoms with E-state index in [1.165, 1.54) is 49.1 Å². The van der Waals surface area contributed by atoms with Crippen LogP contribution in [0.1, 0.15) is 0 Å². The minimum Gasteiger partial charge on any atom is -0.309 e. The maximum atomic E-state index is 5.49. The fourth-order valence-corrected chi connectivity index (χ4v) is 7.59. The van der Waals surface area contributed by atoms with Gasteiger partial charge in [0.1, 0.15) is 5.82 Å². The highest BCUT2D eigenvalue weighted by Crippen LogP contribution is 2.44. The molecular formula is C45H29N3. The van der Waals surface area contributed by atoms with Crippen LogP contribution in [0.25, 0.3) is 88.5 Å². The average molecular weight is 612 g/mol. The molecule has 0 fully saturated rings. The van der Waals surface area contributed by atoms with Crippen molar-refractivity contribution >= 4 is 49.0 Å². The highest BCUT2D eigenvalue weighted by molar-refractivity contribution is 6.27. The van der Waals surface area contributed by atoms with E-state index in [2.05, 4.69) is 185 Å². The third kappa shape index (κ3) is 3.91. The van der Waals surface area contributed by atoms with Gasteiger partial charge in [-0.3, -0.25) is 4.40 Å². The van der Waals surface area contributed by atoms with Crippen LogP contribution in [-0.2, 0) is 0 Å². The van der Waals surface area contributed by atoms with E-state index in [0.29, 0.717) is 0 Å². The molecule has 0 aliphatic rings. The summed E-state index contributed by atoms with van der Waals surface area (Å²) in [7, 11) is 0. The summed E-state index contributed by atoms with van der Waals surface area (Å²) >= 11 is 0. The Hall–Kier alpha value is -6.45. The van der Waals surface area contributed by atoms with Gasteiger partial charge >= 0.3 is 0 Å². The van der Waals surface area contributed by atoms with Gasteiger partial charge in [-0.1, -0.05) is 152 Å². The SMILES string of the molecule is c1ccc(-c2ccc(-c3nc(-c4ccccc4)c4c5ccccc5c5c6c(ccc5n34)c3ccccc3n6-c3ccccc3)cc2)cc1. The first kappa shape index (κ1) is 26.7. The number of aromatic nitrogens is 3. The molecule has 0 unspecified atom stereocenters. The van der Waals surface area contributed by atoms with Crippen molar-refractivity contribution in [2.75, 3.05) is 0 Å². The number of hydrogen-bond acceptors (Lipinski definition) is 1. The van der Waals surface area contributed by atoms with Crippen LogP contribution in [0.2, 0.25) is 0 Å². The van der Waals surface area contributed by atoms with E-state index >= 15 is 0 Å². The minimum atomic E-state index is 0.931. The summed E-state index contributed by atoms with van der Waals surface area (Å²) in [6.45, 7) is 0. The molecule has 7 aromatic carbocycles. The van der Waals surface area contributed by atoms with Crippen molar-refractivity contribution in [3.05, 3.63) is 176 Å². The molecule has 0 amide bonds. The molecule has 0 N–H and O–H groups in total. The van der Waals surface area contributed by atoms with E-state index in [4.69, 9.17) is 4.98 Å². The Morgan fingerprint density at radius 1 is 0.354 bits per heavy atom. The van der Waals surface area contributed by atoms with Gasteiger partial charge in [0.25, 0.3) is 0 Å². The maximum absolute atomic E-state index is 5.49. The monoisotopic (exact) mass is 611 g/mol. The summed E-state index contributed by atoms with van der Waals surface area (Å²) < 4.78 is 4.85. The Bertz CT molecular complexity index is 2790. The summed E-state index contributed by atoms with van der Waals surface area (Å²) in [6.07, 6.45) is 0. The zero-order valence-electron chi connectivity index (χ0n) is 26.1. The normalized spacial score (nSPS) is 11.8. The Balaban J connectivity index is 1.39. The fraction of sp³-hybridized carbons (Fsp3) is 0. The summed E-state index contributed by atoms with van der Waals surface area (Å²) in [6, 6.07) is 62.9. The van der Waals surface area contributed by atoms with E-state index in [1.54, 1.807) is 0 Å². The molecule has 0 bridgehead atoms. The van der Waals surface area contributed by atoms with Gasteiger partial charge in [-0.2, -0.15) is 0 Å². The zero-order chi connectivity index (χ0) is 31.6. The zero-order valence-corrected chi connectivity index (χ0v) is 26.1. The molecule has 0 radical (unpaired) electrons. The Kier molecular flexibility index (Phi) is 5.87. The minimum absolute atomic E-state index is 0.931. The largest absolute Gasteiger partial charge is 0.309 e. The molecule has 0 saturated heterocycles. The summed E-state index contributed by atoms with van der Waals surface area (Å²) in [4.78, 5) is 5.49. The Morgan fingerprint density at radius 2 is 0.896 bits per heavy atom. The lowest BCUT2D eigenvalue weighted by molar-refractivity contribution is 1.18. The third-order valence-corrected chi connectivity index (χ3v) is 9.70. The van der Waals surface area contributed by atoms with E-state index in [-0.39, 0.29) is 0 Å². The van der Waals surface area contributed by atoms with Crippen molar-refractivity contribution in [1.82, 2.24) is 14.0 Å². The number of rotatable bonds is 4. The van der Waals surface area contributed by atoms with Crippen LogP contribution < -0.4 is 0 Å². The number of fused-ring (bicyclic) bond motifs is 10. The first-order chi connectivity index (χ1) is 23.8. The maximum Gasteiger partial charge on any atom is 0.145 e. The van der Waals surface area contributed by atoms with Gasteiger partial charge in [0.05, 0.1) is 27.8 Å². The molecule has 0 aliphatic heterocycles. The van der Waals surface area contributed by atoms with E-state index in [9.17, 15) is 0 Å². The molecule has 3 aromatic heterocycles. The van der Waals surface area contributed by atoms with Crippen LogP contribution in [0.3, 0.4) is 0 Å². The lowest BCUT2D eigenvalue weighted by Crippen LogP contribution is -1.98. The standard InChI is InChI=1S/C45H29N3/c1-4-14-30(15-5-1)31-24-26-33(27-25-31)45-46-42(32-16-6-2-7-17-32)44-37-22-11-10-21-36(37)41-40(48(44)45)29-28-38-35-20-12-13-23-39(35)47(43(38)41)34-18-8-3-9-19-34/h1-29H. The molecule has 0 aliphatic carbocycles. The number of para-hydroxylation sites is 2. The van der Waals surface area contributed by atoms with Gasteiger partial charge in [-0.15, -0.1) is 0 Å². The first-order valence-corrected chi connectivity index (χ1v) is 16.4. The van der Waals surface area contributed by atoms with Gasteiger partial charge in [-0.05, 0) is 40.8 Å². The predicted molar refractivity (Wildman–Crippen MR) is 201 cm³/mol. The third-order valence-electron chi connectivity index (χ3n) is 9.70. The molecule has 48 heavy (non-hydrogen) atoms. The van der Waals surface area contributed by atoms with Crippen molar-refractivity contribution in [2.45, 2.75) is 0 Å². The van der Waals surface area contributed by atoms with Gasteiger partial charge < -0.3 is 4.57 Å². The van der Waals surface area contributed by atoms with Crippen LogP contribution in [0.5, 0.6) is 0 Å². The first-order valence-electron chi connectivity index (χ1n) is 16.4. The number of nitrogens with zero attached hydrogens (tertiary/aromatic N) is 3. The smallest absolute Gasteiger partial charge is 0.145 e. The molecule has 0 atom stereocenters. The molecule has 3 heterocycles. The molecule has 0 spiro atoms. The second-order valence-corrected chi connectivity index (χ2v) is 12.4. The molecular weight excluding hydrogens is 583 g/mol. The van der Waals surface area contributed by atoms with E-state index in [1.807, 2.05) is 0 Å². The van der Waals surface area contributed by atoms with E-state index in [0.717, 1.165) is 39.4 Å².